The molecule has 0 aliphatic heterocycles. The summed E-state index contributed by atoms with van der Waals surface area (Å²) in [5.41, 5.74) is 12.9. The SMILES string of the molecule is C=C(/C=C\C(=C/C)c1nc(-c2ccc(N(c3ccccc3)c3ccccc3)cc2)nc(-c2ccc(N(c3ccccc3)c3ccccc3)cc2)n1)N(c1ccccc1)c1cccc(C)c1. The summed E-state index contributed by atoms with van der Waals surface area (Å²) in [6.45, 7) is 8.66. The van der Waals surface area contributed by atoms with Crippen molar-refractivity contribution in [2.24, 2.45) is 0 Å². The minimum Gasteiger partial charge on any atom is -0.311 e. The highest BCUT2D eigenvalue weighted by molar-refractivity contribution is 5.81. The van der Waals surface area contributed by atoms with E-state index in [9.17, 15) is 0 Å². The number of aryl methyl sites for hydroxylation is 1. The monoisotopic (exact) mass is 840 g/mol. The largest absolute Gasteiger partial charge is 0.311 e. The van der Waals surface area contributed by atoms with E-state index < -0.39 is 0 Å². The van der Waals surface area contributed by atoms with Crippen LogP contribution in [0.25, 0.3) is 28.3 Å². The van der Waals surface area contributed by atoms with Crippen molar-refractivity contribution in [2.75, 3.05) is 14.7 Å². The second-order valence-corrected chi connectivity index (χ2v) is 15.5. The average Bonchev–Trinajstić information content (AvgIpc) is 3.36. The van der Waals surface area contributed by atoms with E-state index >= 15 is 0 Å². The summed E-state index contributed by atoms with van der Waals surface area (Å²) in [5.74, 6) is 1.69. The van der Waals surface area contributed by atoms with Gasteiger partial charge in [-0.1, -0.05) is 116 Å². The van der Waals surface area contributed by atoms with Crippen LogP contribution in [0.5, 0.6) is 0 Å². The molecule has 9 aromatic rings. The van der Waals surface area contributed by atoms with Crippen LogP contribution in [0.3, 0.4) is 0 Å². The van der Waals surface area contributed by atoms with Crippen molar-refractivity contribution in [2.45, 2.75) is 13.8 Å². The molecule has 6 heteroatoms. The van der Waals surface area contributed by atoms with Gasteiger partial charge in [0.1, 0.15) is 0 Å². The molecule has 0 N–H and O–H groups in total. The number of hydrogen-bond donors (Lipinski definition) is 0. The van der Waals surface area contributed by atoms with Crippen LogP contribution < -0.4 is 14.7 Å². The maximum absolute atomic E-state index is 5.16. The number of nitrogens with zero attached hydrogens (tertiary/aromatic N) is 6. The first-order valence-electron chi connectivity index (χ1n) is 21.8. The van der Waals surface area contributed by atoms with Gasteiger partial charge in [0, 0.05) is 67.9 Å². The first-order valence-corrected chi connectivity index (χ1v) is 21.8. The van der Waals surface area contributed by atoms with Crippen molar-refractivity contribution in [3.8, 4) is 22.8 Å². The molecular weight excluding hydrogens is 793 g/mol. The molecule has 0 unspecified atom stereocenters. The third-order valence-corrected chi connectivity index (χ3v) is 11.0. The van der Waals surface area contributed by atoms with Gasteiger partial charge in [-0.15, -0.1) is 0 Å². The Balaban J connectivity index is 1.11. The Morgan fingerprint density at radius 2 is 0.769 bits per heavy atom. The van der Waals surface area contributed by atoms with E-state index in [4.69, 9.17) is 15.0 Å². The highest BCUT2D eigenvalue weighted by Crippen LogP contribution is 2.38. The number of rotatable bonds is 14. The third-order valence-electron chi connectivity index (χ3n) is 11.0. The third kappa shape index (κ3) is 9.58. The van der Waals surface area contributed by atoms with Crippen LogP contribution in [0.1, 0.15) is 18.3 Å². The summed E-state index contributed by atoms with van der Waals surface area (Å²) >= 11 is 0. The predicted molar refractivity (Wildman–Crippen MR) is 272 cm³/mol. The Kier molecular flexibility index (Phi) is 12.6. The molecule has 0 saturated carbocycles. The molecule has 0 spiro atoms. The van der Waals surface area contributed by atoms with Gasteiger partial charge in [-0.3, -0.25) is 0 Å². The number of para-hydroxylation sites is 5. The van der Waals surface area contributed by atoms with Gasteiger partial charge in [0.15, 0.2) is 17.5 Å². The van der Waals surface area contributed by atoms with Gasteiger partial charge in [-0.2, -0.15) is 0 Å². The molecule has 9 rings (SSSR count). The molecule has 0 fully saturated rings. The summed E-state index contributed by atoms with van der Waals surface area (Å²) < 4.78 is 0. The number of hydrogen-bond acceptors (Lipinski definition) is 6. The number of allylic oxidation sites excluding steroid dienone is 4. The zero-order valence-electron chi connectivity index (χ0n) is 36.5. The fourth-order valence-corrected chi connectivity index (χ4v) is 7.87. The lowest BCUT2D eigenvalue weighted by atomic mass is 10.1. The first kappa shape index (κ1) is 41.7. The molecule has 0 bridgehead atoms. The summed E-state index contributed by atoms with van der Waals surface area (Å²) in [4.78, 5) is 22.1. The maximum Gasteiger partial charge on any atom is 0.164 e. The van der Waals surface area contributed by atoms with Crippen molar-refractivity contribution < 1.29 is 0 Å². The molecule has 0 radical (unpaired) electrons. The second-order valence-electron chi connectivity index (χ2n) is 15.5. The molecule has 0 aliphatic rings. The van der Waals surface area contributed by atoms with Gasteiger partial charge in [0.2, 0.25) is 0 Å². The molecular formula is C59H48N6. The normalized spacial score (nSPS) is 11.3. The van der Waals surface area contributed by atoms with Gasteiger partial charge >= 0.3 is 0 Å². The first-order chi connectivity index (χ1) is 32.0. The summed E-state index contributed by atoms with van der Waals surface area (Å²) in [7, 11) is 0. The quantitative estimate of drug-likeness (QED) is 0.102. The highest BCUT2D eigenvalue weighted by Gasteiger charge is 2.18. The van der Waals surface area contributed by atoms with Crippen molar-refractivity contribution in [3.63, 3.8) is 0 Å². The van der Waals surface area contributed by atoms with Gasteiger partial charge in [0.05, 0.1) is 0 Å². The molecule has 0 atom stereocenters. The molecule has 1 heterocycles. The molecule has 6 nitrogen and oxygen atoms in total. The summed E-state index contributed by atoms with van der Waals surface area (Å²) in [6, 6.07) is 77.2. The average molecular weight is 841 g/mol. The van der Waals surface area contributed by atoms with E-state index in [1.54, 1.807) is 0 Å². The van der Waals surface area contributed by atoms with E-state index in [1.807, 2.05) is 67.6 Å². The predicted octanol–water partition coefficient (Wildman–Crippen LogP) is 15.8. The van der Waals surface area contributed by atoms with Crippen LogP contribution in [0, 0.1) is 6.92 Å². The molecule has 0 saturated heterocycles. The number of anilines is 8. The van der Waals surface area contributed by atoms with Crippen LogP contribution in [0.2, 0.25) is 0 Å². The topological polar surface area (TPSA) is 48.4 Å². The molecule has 314 valence electrons. The van der Waals surface area contributed by atoms with Gasteiger partial charge in [0.25, 0.3) is 0 Å². The highest BCUT2D eigenvalue weighted by atomic mass is 15.2. The van der Waals surface area contributed by atoms with Crippen LogP contribution in [-0.4, -0.2) is 15.0 Å². The second kappa shape index (κ2) is 19.6. The van der Waals surface area contributed by atoms with Crippen molar-refractivity contribution >= 4 is 51.1 Å². The summed E-state index contributed by atoms with van der Waals surface area (Å²) in [6.07, 6.45) is 6.10. The lowest BCUT2D eigenvalue weighted by molar-refractivity contribution is 1.04. The lowest BCUT2D eigenvalue weighted by Crippen LogP contribution is -2.14. The van der Waals surface area contributed by atoms with E-state index in [2.05, 4.69) is 210 Å². The fourth-order valence-electron chi connectivity index (χ4n) is 7.87. The molecule has 1 aromatic heterocycles. The molecule has 0 aliphatic carbocycles. The van der Waals surface area contributed by atoms with E-state index in [0.29, 0.717) is 17.5 Å². The van der Waals surface area contributed by atoms with E-state index in [0.717, 1.165) is 67.9 Å². The van der Waals surface area contributed by atoms with Gasteiger partial charge in [-0.25, -0.2) is 15.0 Å². The van der Waals surface area contributed by atoms with Crippen molar-refractivity contribution in [1.29, 1.82) is 0 Å². The van der Waals surface area contributed by atoms with E-state index in [-0.39, 0.29) is 0 Å². The van der Waals surface area contributed by atoms with Gasteiger partial charge < -0.3 is 14.7 Å². The zero-order chi connectivity index (χ0) is 44.4. The Labute approximate surface area is 382 Å². The van der Waals surface area contributed by atoms with Crippen molar-refractivity contribution in [3.05, 3.63) is 266 Å². The molecule has 65 heavy (non-hydrogen) atoms. The zero-order valence-corrected chi connectivity index (χ0v) is 36.5. The smallest absolute Gasteiger partial charge is 0.164 e. The molecule has 8 aromatic carbocycles. The minimum absolute atomic E-state index is 0.553. The fraction of sp³-hybridized carbons (Fsp3) is 0.0339. The standard InChI is InChI=1S/C59H48N6/c1-4-46(34-33-45(3)63(49-22-10-5-11-23-49)56-32-20-21-44(2)43-56)57-60-58(47-35-39-54(40-36-47)64(50-24-12-6-13-25-50)51-26-14-7-15-27-51)62-59(61-57)48-37-41-55(42-38-48)65(52-28-16-8-17-29-52)53-30-18-9-19-31-53/h4-43H,3H2,1-2H3/b34-33-,46-4+. The number of benzene rings is 8. The Hall–Kier alpha value is -8.61. The Morgan fingerprint density at radius 1 is 0.400 bits per heavy atom. The number of aromatic nitrogens is 3. The van der Waals surface area contributed by atoms with Gasteiger partial charge in [-0.05, 0) is 153 Å². The van der Waals surface area contributed by atoms with Crippen LogP contribution in [0.4, 0.5) is 45.5 Å². The van der Waals surface area contributed by atoms with Crippen LogP contribution in [0.15, 0.2) is 255 Å². The maximum atomic E-state index is 5.16. The van der Waals surface area contributed by atoms with Crippen molar-refractivity contribution in [1.82, 2.24) is 15.0 Å². The molecule has 0 amide bonds. The Morgan fingerprint density at radius 3 is 1.15 bits per heavy atom. The lowest BCUT2D eigenvalue weighted by Gasteiger charge is -2.26. The minimum atomic E-state index is 0.553. The van der Waals surface area contributed by atoms with Crippen LogP contribution in [-0.2, 0) is 0 Å². The Bertz CT molecular complexity index is 2820. The summed E-state index contributed by atoms with van der Waals surface area (Å²) in [5, 5.41) is 0. The van der Waals surface area contributed by atoms with Crippen LogP contribution >= 0.6 is 0 Å². The van der Waals surface area contributed by atoms with E-state index in [1.165, 1.54) is 5.56 Å².